The van der Waals surface area contributed by atoms with Crippen molar-refractivity contribution in [3.05, 3.63) is 42.6 Å². The maximum absolute atomic E-state index is 12.6. The predicted molar refractivity (Wildman–Crippen MR) is 84.7 cm³/mol. The summed E-state index contributed by atoms with van der Waals surface area (Å²) < 4.78 is 8.28. The number of nitrogens with zero attached hydrogens (tertiary/aromatic N) is 3. The highest BCUT2D eigenvalue weighted by Crippen LogP contribution is 2.38. The summed E-state index contributed by atoms with van der Waals surface area (Å²) in [5.74, 6) is 0. The van der Waals surface area contributed by atoms with Crippen molar-refractivity contribution in [3.8, 4) is 0 Å². The summed E-state index contributed by atoms with van der Waals surface area (Å²) in [7, 11) is 0. The summed E-state index contributed by atoms with van der Waals surface area (Å²) in [5.41, 5.74) is -1.56. The molecule has 1 fully saturated rings. The first-order valence-corrected chi connectivity index (χ1v) is 7.08. The molecule has 0 saturated carbocycles. The molecule has 2 atom stereocenters. The first-order chi connectivity index (χ1) is 10.1. The average molecular weight is 307 g/mol. The van der Waals surface area contributed by atoms with Gasteiger partial charge in [0.15, 0.2) is 5.72 Å². The Balaban J connectivity index is 2.96. The number of epoxide rings is 1. The van der Waals surface area contributed by atoms with Gasteiger partial charge in [0.05, 0.1) is 0 Å². The Morgan fingerprint density at radius 2 is 1.32 bits per heavy atom. The van der Waals surface area contributed by atoms with Crippen LogP contribution in [0.5, 0.6) is 0 Å². The van der Waals surface area contributed by atoms with E-state index in [9.17, 15) is 14.4 Å². The standard InChI is InChI=1S/C15H21N3O4/c1-9(2)7-16-12(19)17(8-10(3)4)14(21)18(13(16)20)15(6)11(5)22-15/h7-8,11H,1-6H3. The topological polar surface area (TPSA) is 78.5 Å². The maximum atomic E-state index is 12.6. The molecule has 1 saturated heterocycles. The van der Waals surface area contributed by atoms with Gasteiger partial charge in [0.1, 0.15) is 6.10 Å². The molecule has 1 aromatic rings. The van der Waals surface area contributed by atoms with E-state index in [1.165, 1.54) is 12.4 Å². The van der Waals surface area contributed by atoms with Crippen molar-refractivity contribution in [1.29, 1.82) is 0 Å². The number of aromatic nitrogens is 3. The molecule has 0 spiro atoms. The third-order valence-electron chi connectivity index (χ3n) is 3.54. The molecule has 1 aliphatic heterocycles. The molecule has 0 aromatic carbocycles. The van der Waals surface area contributed by atoms with Crippen LogP contribution in [0.4, 0.5) is 0 Å². The molecule has 0 N–H and O–H groups in total. The van der Waals surface area contributed by atoms with Crippen molar-refractivity contribution in [2.24, 2.45) is 0 Å². The van der Waals surface area contributed by atoms with Crippen LogP contribution in [0.2, 0.25) is 0 Å². The van der Waals surface area contributed by atoms with Crippen LogP contribution >= 0.6 is 0 Å². The molecule has 1 aromatic heterocycles. The van der Waals surface area contributed by atoms with E-state index in [1.807, 2.05) is 0 Å². The highest BCUT2D eigenvalue weighted by molar-refractivity contribution is 5.31. The molecule has 0 bridgehead atoms. The molecule has 2 heterocycles. The SMILES string of the molecule is CC(C)=Cn1c(=O)n(C=C(C)C)c(=O)n(C2(C)OC2C)c1=O. The van der Waals surface area contributed by atoms with Gasteiger partial charge in [0.2, 0.25) is 0 Å². The van der Waals surface area contributed by atoms with E-state index < -0.39 is 22.8 Å². The molecule has 22 heavy (non-hydrogen) atoms. The number of rotatable bonds is 3. The van der Waals surface area contributed by atoms with Crippen molar-refractivity contribution in [1.82, 2.24) is 13.7 Å². The van der Waals surface area contributed by atoms with Gasteiger partial charge in [-0.25, -0.2) is 28.1 Å². The Kier molecular flexibility index (Phi) is 3.87. The Labute approximate surface area is 127 Å². The quantitative estimate of drug-likeness (QED) is 0.781. The second kappa shape index (κ2) is 5.24. The molecule has 1 aliphatic rings. The summed E-state index contributed by atoms with van der Waals surface area (Å²) in [5, 5.41) is 0. The number of allylic oxidation sites excluding steroid dienone is 2. The third kappa shape index (κ3) is 2.52. The fourth-order valence-corrected chi connectivity index (χ4v) is 2.25. The van der Waals surface area contributed by atoms with Crippen molar-refractivity contribution in [2.45, 2.75) is 53.4 Å². The Hall–Kier alpha value is -2.15. The summed E-state index contributed by atoms with van der Waals surface area (Å²) in [6.07, 6.45) is 2.58. The zero-order chi connectivity index (χ0) is 16.8. The van der Waals surface area contributed by atoms with Crippen molar-refractivity contribution in [3.63, 3.8) is 0 Å². The van der Waals surface area contributed by atoms with Gasteiger partial charge in [-0.05, 0) is 41.5 Å². The Morgan fingerprint density at radius 3 is 1.59 bits per heavy atom. The molecule has 0 aliphatic carbocycles. The molecule has 0 amide bonds. The van der Waals surface area contributed by atoms with E-state index in [4.69, 9.17) is 4.74 Å². The van der Waals surface area contributed by atoms with E-state index in [1.54, 1.807) is 41.5 Å². The monoisotopic (exact) mass is 307 g/mol. The summed E-state index contributed by atoms with van der Waals surface area (Å²) in [6.45, 7) is 10.5. The van der Waals surface area contributed by atoms with Gasteiger partial charge in [-0.15, -0.1) is 0 Å². The molecule has 0 radical (unpaired) electrons. The minimum Gasteiger partial charge on any atom is -0.345 e. The van der Waals surface area contributed by atoms with Gasteiger partial charge in [0.25, 0.3) is 0 Å². The van der Waals surface area contributed by atoms with Crippen LogP contribution < -0.4 is 17.1 Å². The van der Waals surface area contributed by atoms with E-state index in [0.29, 0.717) is 0 Å². The lowest BCUT2D eigenvalue weighted by molar-refractivity contribution is 0.223. The van der Waals surface area contributed by atoms with Gasteiger partial charge in [0, 0.05) is 12.4 Å². The predicted octanol–water partition coefficient (Wildman–Crippen LogP) is 1.02. The zero-order valence-corrected chi connectivity index (χ0v) is 13.7. The second-order valence-corrected chi connectivity index (χ2v) is 6.15. The minimum absolute atomic E-state index is 0.268. The molecule has 7 nitrogen and oxygen atoms in total. The van der Waals surface area contributed by atoms with Crippen LogP contribution in [0.15, 0.2) is 25.5 Å². The number of hydrogen-bond donors (Lipinski definition) is 0. The first-order valence-electron chi connectivity index (χ1n) is 7.08. The van der Waals surface area contributed by atoms with Crippen LogP contribution in [0, 0.1) is 0 Å². The lowest BCUT2D eigenvalue weighted by Crippen LogP contribution is -2.55. The van der Waals surface area contributed by atoms with E-state index in [0.717, 1.165) is 24.8 Å². The summed E-state index contributed by atoms with van der Waals surface area (Å²) in [4.78, 5) is 37.6. The van der Waals surface area contributed by atoms with E-state index in [2.05, 4.69) is 0 Å². The molecular weight excluding hydrogens is 286 g/mol. The van der Waals surface area contributed by atoms with Crippen molar-refractivity contribution < 1.29 is 4.74 Å². The number of hydrogen-bond acceptors (Lipinski definition) is 4. The summed E-state index contributed by atoms with van der Waals surface area (Å²) >= 11 is 0. The van der Waals surface area contributed by atoms with Crippen molar-refractivity contribution in [2.75, 3.05) is 0 Å². The van der Waals surface area contributed by atoms with Gasteiger partial charge in [-0.1, -0.05) is 11.1 Å². The van der Waals surface area contributed by atoms with Crippen molar-refractivity contribution >= 4 is 12.4 Å². The third-order valence-corrected chi connectivity index (χ3v) is 3.54. The van der Waals surface area contributed by atoms with Crippen LogP contribution in [0.25, 0.3) is 12.4 Å². The largest absolute Gasteiger partial charge is 0.345 e. The number of ether oxygens (including phenoxy) is 1. The summed E-state index contributed by atoms with van der Waals surface area (Å²) in [6, 6.07) is 0. The van der Waals surface area contributed by atoms with Crippen LogP contribution in [0.1, 0.15) is 41.5 Å². The second-order valence-electron chi connectivity index (χ2n) is 6.15. The zero-order valence-electron chi connectivity index (χ0n) is 13.7. The normalized spacial score (nSPS) is 23.1. The Bertz CT molecular complexity index is 789. The molecular formula is C15H21N3O4. The van der Waals surface area contributed by atoms with Gasteiger partial charge in [-0.2, -0.15) is 0 Å². The Morgan fingerprint density at radius 1 is 0.955 bits per heavy atom. The van der Waals surface area contributed by atoms with Gasteiger partial charge in [-0.3, -0.25) is 0 Å². The fourth-order valence-electron chi connectivity index (χ4n) is 2.25. The molecule has 2 rings (SSSR count). The first kappa shape index (κ1) is 16.2. The minimum atomic E-state index is -1.02. The van der Waals surface area contributed by atoms with Gasteiger partial charge >= 0.3 is 17.1 Å². The van der Waals surface area contributed by atoms with Gasteiger partial charge < -0.3 is 4.74 Å². The van der Waals surface area contributed by atoms with Crippen LogP contribution in [0.3, 0.4) is 0 Å². The lowest BCUT2D eigenvalue weighted by atomic mass is 10.2. The highest BCUT2D eigenvalue weighted by atomic mass is 16.6. The maximum Gasteiger partial charge on any atom is 0.344 e. The van der Waals surface area contributed by atoms with Crippen LogP contribution in [-0.4, -0.2) is 19.8 Å². The smallest absolute Gasteiger partial charge is 0.344 e. The van der Waals surface area contributed by atoms with Crippen LogP contribution in [-0.2, 0) is 10.5 Å². The fraction of sp³-hybridized carbons (Fsp3) is 0.533. The lowest BCUT2D eigenvalue weighted by Gasteiger charge is -2.13. The van der Waals surface area contributed by atoms with E-state index in [-0.39, 0.29) is 6.10 Å². The molecule has 2 unspecified atom stereocenters. The molecule has 7 heteroatoms. The highest BCUT2D eigenvalue weighted by Gasteiger charge is 2.53. The molecule has 120 valence electrons. The van der Waals surface area contributed by atoms with E-state index >= 15 is 0 Å². The average Bonchev–Trinajstić information content (AvgIpc) is 2.98.